The Bertz CT molecular complexity index is 379. The molecule has 0 fully saturated rings. The number of hydrogen-bond donors (Lipinski definition) is 2. The molecule has 0 bridgehead atoms. The average Bonchev–Trinajstić information content (AvgIpc) is 2.18. The zero-order valence-electron chi connectivity index (χ0n) is 8.53. The summed E-state index contributed by atoms with van der Waals surface area (Å²) >= 11 is 0. The summed E-state index contributed by atoms with van der Waals surface area (Å²) in [4.78, 5) is 11.9. The van der Waals surface area contributed by atoms with Gasteiger partial charge in [0.05, 0.1) is 0 Å². The maximum absolute atomic E-state index is 11.2. The van der Waals surface area contributed by atoms with Crippen LogP contribution >= 0.6 is 0 Å². The van der Waals surface area contributed by atoms with E-state index in [1.165, 1.54) is 0 Å². The topological polar surface area (TPSA) is 72.2 Å². The summed E-state index contributed by atoms with van der Waals surface area (Å²) in [5.41, 5.74) is 5.91. The van der Waals surface area contributed by atoms with Crippen LogP contribution in [0.5, 0.6) is 0 Å². The lowest BCUT2D eigenvalue weighted by atomic mass is 10.3. The minimum atomic E-state index is -1.03. The van der Waals surface area contributed by atoms with Crippen molar-refractivity contribution in [1.82, 2.24) is 0 Å². The fourth-order valence-corrected chi connectivity index (χ4v) is 1.67. The maximum Gasteiger partial charge on any atom is 0.225 e. The third-order valence-corrected chi connectivity index (χ3v) is 2.74. The van der Waals surface area contributed by atoms with Crippen molar-refractivity contribution in [3.63, 3.8) is 0 Å². The average molecular weight is 226 g/mol. The van der Waals surface area contributed by atoms with Crippen molar-refractivity contribution >= 4 is 22.4 Å². The standard InChI is InChI=1S/C10H14N2O2S/c1-15(14)9-4-2-3-8(7-9)12-10(13)5-6-11/h2-4,7H,5-6,11H2,1H3,(H,12,13). The van der Waals surface area contributed by atoms with Crippen molar-refractivity contribution in [1.29, 1.82) is 0 Å². The summed E-state index contributed by atoms with van der Waals surface area (Å²) in [6.07, 6.45) is 1.89. The minimum absolute atomic E-state index is 0.128. The summed E-state index contributed by atoms with van der Waals surface area (Å²) in [7, 11) is -1.03. The Kier molecular flexibility index (Phi) is 4.45. The first kappa shape index (κ1) is 11.9. The number of benzene rings is 1. The van der Waals surface area contributed by atoms with E-state index in [4.69, 9.17) is 5.73 Å². The highest BCUT2D eigenvalue weighted by Crippen LogP contribution is 2.13. The molecule has 4 nitrogen and oxygen atoms in total. The Morgan fingerprint density at radius 2 is 2.27 bits per heavy atom. The largest absolute Gasteiger partial charge is 0.330 e. The molecular formula is C10H14N2O2S. The van der Waals surface area contributed by atoms with Gasteiger partial charge in [-0.05, 0) is 18.2 Å². The molecule has 3 N–H and O–H groups in total. The smallest absolute Gasteiger partial charge is 0.225 e. The monoisotopic (exact) mass is 226 g/mol. The molecule has 1 rings (SSSR count). The fourth-order valence-electron chi connectivity index (χ4n) is 1.11. The van der Waals surface area contributed by atoms with Gasteiger partial charge in [0.2, 0.25) is 5.91 Å². The fraction of sp³-hybridized carbons (Fsp3) is 0.300. The van der Waals surface area contributed by atoms with Gasteiger partial charge in [0.25, 0.3) is 0 Å². The van der Waals surface area contributed by atoms with E-state index in [9.17, 15) is 9.00 Å². The zero-order chi connectivity index (χ0) is 11.3. The Hall–Kier alpha value is -1.20. The zero-order valence-corrected chi connectivity index (χ0v) is 9.34. The molecule has 82 valence electrons. The number of nitrogens with two attached hydrogens (primary N) is 1. The molecule has 0 spiro atoms. The molecule has 1 atom stereocenters. The van der Waals surface area contributed by atoms with E-state index in [1.807, 2.05) is 0 Å². The van der Waals surface area contributed by atoms with Crippen LogP contribution in [0.25, 0.3) is 0 Å². The van der Waals surface area contributed by atoms with E-state index in [-0.39, 0.29) is 5.91 Å². The van der Waals surface area contributed by atoms with E-state index >= 15 is 0 Å². The summed E-state index contributed by atoms with van der Waals surface area (Å²) < 4.78 is 11.2. The van der Waals surface area contributed by atoms with Crippen molar-refractivity contribution in [3.05, 3.63) is 24.3 Å². The molecule has 1 aromatic rings. The number of anilines is 1. The van der Waals surface area contributed by atoms with E-state index in [1.54, 1.807) is 30.5 Å². The van der Waals surface area contributed by atoms with Gasteiger partial charge in [0.15, 0.2) is 0 Å². The predicted octanol–water partition coefficient (Wildman–Crippen LogP) is 0.711. The summed E-state index contributed by atoms with van der Waals surface area (Å²) in [6.45, 7) is 0.325. The second-order valence-electron chi connectivity index (χ2n) is 3.07. The number of carbonyl (C=O) groups excluding carboxylic acids is 1. The van der Waals surface area contributed by atoms with E-state index in [2.05, 4.69) is 5.32 Å². The van der Waals surface area contributed by atoms with Gasteiger partial charge in [-0.15, -0.1) is 0 Å². The van der Waals surface area contributed by atoms with Crippen molar-refractivity contribution in [3.8, 4) is 0 Å². The van der Waals surface area contributed by atoms with E-state index in [0.717, 1.165) is 0 Å². The van der Waals surface area contributed by atoms with Gasteiger partial charge in [-0.1, -0.05) is 6.07 Å². The third-order valence-electron chi connectivity index (χ3n) is 1.82. The summed E-state index contributed by atoms with van der Waals surface area (Å²) in [5.74, 6) is -0.128. The lowest BCUT2D eigenvalue weighted by Gasteiger charge is -2.05. The highest BCUT2D eigenvalue weighted by Gasteiger charge is 2.02. The molecule has 0 aromatic heterocycles. The van der Waals surface area contributed by atoms with Crippen LogP contribution in [-0.2, 0) is 15.6 Å². The Morgan fingerprint density at radius 1 is 1.53 bits per heavy atom. The number of rotatable bonds is 4. The third kappa shape index (κ3) is 3.81. The second-order valence-corrected chi connectivity index (χ2v) is 4.45. The van der Waals surface area contributed by atoms with Crippen LogP contribution in [0, 0.1) is 0 Å². The number of hydrogen-bond acceptors (Lipinski definition) is 3. The normalized spacial score (nSPS) is 12.1. The Balaban J connectivity index is 2.73. The van der Waals surface area contributed by atoms with Crippen LogP contribution in [0.2, 0.25) is 0 Å². The molecule has 1 unspecified atom stereocenters. The predicted molar refractivity (Wildman–Crippen MR) is 61.1 cm³/mol. The summed E-state index contributed by atoms with van der Waals surface area (Å²) in [6, 6.07) is 6.97. The van der Waals surface area contributed by atoms with Gasteiger partial charge in [-0.2, -0.15) is 0 Å². The second kappa shape index (κ2) is 5.63. The van der Waals surface area contributed by atoms with Crippen molar-refractivity contribution in [2.24, 2.45) is 5.73 Å². The molecule has 5 heteroatoms. The molecule has 0 aliphatic heterocycles. The quantitative estimate of drug-likeness (QED) is 0.794. The molecule has 0 saturated carbocycles. The van der Waals surface area contributed by atoms with Gasteiger partial charge in [0.1, 0.15) is 0 Å². The molecule has 1 amide bonds. The SMILES string of the molecule is CS(=O)c1cccc(NC(=O)CCN)c1. The van der Waals surface area contributed by atoms with Crippen LogP contribution < -0.4 is 11.1 Å². The van der Waals surface area contributed by atoms with E-state index < -0.39 is 10.8 Å². The van der Waals surface area contributed by atoms with Crippen molar-refractivity contribution in [2.45, 2.75) is 11.3 Å². The Labute approximate surface area is 91.3 Å². The maximum atomic E-state index is 11.2. The van der Waals surface area contributed by atoms with Gasteiger partial charge >= 0.3 is 0 Å². The highest BCUT2D eigenvalue weighted by molar-refractivity contribution is 7.84. The van der Waals surface area contributed by atoms with Crippen LogP contribution in [0.4, 0.5) is 5.69 Å². The van der Waals surface area contributed by atoms with Crippen molar-refractivity contribution in [2.75, 3.05) is 18.1 Å². The first-order valence-electron chi connectivity index (χ1n) is 4.57. The lowest BCUT2D eigenvalue weighted by Crippen LogP contribution is -2.16. The van der Waals surface area contributed by atoms with E-state index in [0.29, 0.717) is 23.5 Å². The number of carbonyl (C=O) groups is 1. The number of nitrogens with one attached hydrogen (secondary N) is 1. The molecule has 0 aliphatic rings. The molecule has 0 aliphatic carbocycles. The highest BCUT2D eigenvalue weighted by atomic mass is 32.2. The Morgan fingerprint density at radius 3 is 2.87 bits per heavy atom. The first-order chi connectivity index (χ1) is 7.13. The summed E-state index contributed by atoms with van der Waals surface area (Å²) in [5, 5.41) is 2.68. The molecule has 0 saturated heterocycles. The van der Waals surface area contributed by atoms with Crippen LogP contribution in [0.1, 0.15) is 6.42 Å². The van der Waals surface area contributed by atoms with Gasteiger partial charge in [0, 0.05) is 40.6 Å². The van der Waals surface area contributed by atoms with Crippen LogP contribution in [0.3, 0.4) is 0 Å². The lowest BCUT2D eigenvalue weighted by molar-refractivity contribution is -0.116. The first-order valence-corrected chi connectivity index (χ1v) is 6.12. The van der Waals surface area contributed by atoms with Crippen LogP contribution in [0.15, 0.2) is 29.2 Å². The molecular weight excluding hydrogens is 212 g/mol. The van der Waals surface area contributed by atoms with Gasteiger partial charge in [-0.25, -0.2) is 0 Å². The molecule has 1 aromatic carbocycles. The molecule has 0 heterocycles. The van der Waals surface area contributed by atoms with Gasteiger partial charge in [-0.3, -0.25) is 9.00 Å². The molecule has 0 radical (unpaired) electrons. The number of amides is 1. The van der Waals surface area contributed by atoms with Crippen LogP contribution in [-0.4, -0.2) is 22.9 Å². The van der Waals surface area contributed by atoms with Crippen molar-refractivity contribution < 1.29 is 9.00 Å². The minimum Gasteiger partial charge on any atom is -0.330 e. The molecule has 15 heavy (non-hydrogen) atoms. The van der Waals surface area contributed by atoms with Gasteiger partial charge < -0.3 is 11.1 Å².